The normalized spacial score (nSPS) is 14.9. The van der Waals surface area contributed by atoms with Gasteiger partial charge in [-0.2, -0.15) is 0 Å². The van der Waals surface area contributed by atoms with Crippen molar-refractivity contribution in [2.24, 2.45) is 0 Å². The highest BCUT2D eigenvalue weighted by molar-refractivity contribution is 6.00. The van der Waals surface area contributed by atoms with Crippen molar-refractivity contribution in [3.63, 3.8) is 0 Å². The van der Waals surface area contributed by atoms with Gasteiger partial charge in [-0.3, -0.25) is 10.1 Å². The third kappa shape index (κ3) is 8.17. The summed E-state index contributed by atoms with van der Waals surface area (Å²) in [5.74, 6) is -1.43. The Kier molecular flexibility index (Phi) is 11.9. The largest absolute Gasteiger partial charge is 0.493 e. The fourth-order valence-corrected chi connectivity index (χ4v) is 4.81. The van der Waals surface area contributed by atoms with Gasteiger partial charge in [-0.05, 0) is 48.9 Å². The Morgan fingerprint density at radius 3 is 2.34 bits per heavy atom. The number of nitrogens with one attached hydrogen (secondary N) is 1. The minimum atomic E-state index is -0.895. The van der Waals surface area contributed by atoms with E-state index in [-0.39, 0.29) is 30.0 Å². The molecule has 1 aliphatic rings. The molecule has 0 saturated heterocycles. The number of benzene rings is 2. The van der Waals surface area contributed by atoms with Crippen LogP contribution in [0.1, 0.15) is 63.0 Å². The van der Waals surface area contributed by atoms with E-state index in [1.165, 1.54) is 25.3 Å². The maximum atomic E-state index is 13.6. The molecule has 0 spiro atoms. The smallest absolute Gasteiger partial charge is 0.336 e. The van der Waals surface area contributed by atoms with Crippen molar-refractivity contribution in [3.8, 4) is 5.75 Å². The number of esters is 2. The Morgan fingerprint density at radius 2 is 1.71 bits per heavy atom. The van der Waals surface area contributed by atoms with Crippen molar-refractivity contribution in [1.29, 1.82) is 0 Å². The van der Waals surface area contributed by atoms with Crippen LogP contribution in [0, 0.1) is 10.1 Å². The quantitative estimate of drug-likeness (QED) is 0.130. The maximum Gasteiger partial charge on any atom is 0.336 e. The fraction of sp³-hybridized carbons (Fsp3) is 0.419. The summed E-state index contributed by atoms with van der Waals surface area (Å²) < 4.78 is 16.5. The minimum absolute atomic E-state index is 0.0793. The van der Waals surface area contributed by atoms with Crippen molar-refractivity contribution in [3.05, 3.63) is 92.3 Å². The molecule has 10 nitrogen and oxygen atoms in total. The van der Waals surface area contributed by atoms with Gasteiger partial charge < -0.3 is 24.6 Å². The molecular formula is C31H38N2O8. The molecule has 0 radical (unpaired) electrons. The monoisotopic (exact) mass is 566 g/mol. The van der Waals surface area contributed by atoms with Crippen molar-refractivity contribution in [2.45, 2.75) is 58.3 Å². The predicted octanol–water partition coefficient (Wildman–Crippen LogP) is 5.11. The van der Waals surface area contributed by atoms with Gasteiger partial charge in [-0.1, -0.05) is 44.5 Å². The molecule has 0 fully saturated rings. The number of nitro benzene ring substituents is 1. The predicted molar refractivity (Wildman–Crippen MR) is 153 cm³/mol. The molecule has 0 aromatic heterocycles. The van der Waals surface area contributed by atoms with Crippen LogP contribution in [0.5, 0.6) is 5.75 Å². The Bertz CT molecular complexity index is 1280. The number of rotatable bonds is 15. The Hall–Kier alpha value is -4.18. The number of methoxy groups -OCH3 is 1. The van der Waals surface area contributed by atoms with Crippen molar-refractivity contribution < 1.29 is 33.8 Å². The van der Waals surface area contributed by atoms with Crippen LogP contribution in [-0.4, -0.2) is 48.9 Å². The number of non-ortho nitro benzene ring substituents is 1. The minimum Gasteiger partial charge on any atom is -0.493 e. The van der Waals surface area contributed by atoms with Crippen molar-refractivity contribution >= 4 is 17.6 Å². The van der Waals surface area contributed by atoms with E-state index in [9.17, 15) is 19.7 Å². The standard InChI is InChI=1S/C31H38N2O8/c1-4-9-26-29(31(36)41-19-8-18-40-24-15-13-21(14-16-24)10-7-17-34)27(22-11-6-12-23(20-22)33(37)38)28(30(35)39-3)25(5-2)32-26/h6,11-16,20,27,32,34H,4-5,7-10,17-19H2,1-3H3. The van der Waals surface area contributed by atoms with Gasteiger partial charge in [0.1, 0.15) is 5.75 Å². The van der Waals surface area contributed by atoms with E-state index in [4.69, 9.17) is 19.3 Å². The number of aryl methyl sites for hydroxylation is 1. The third-order valence-corrected chi connectivity index (χ3v) is 6.76. The molecule has 1 unspecified atom stereocenters. The average Bonchev–Trinajstić information content (AvgIpc) is 2.99. The first-order valence-corrected chi connectivity index (χ1v) is 13.9. The van der Waals surface area contributed by atoms with E-state index in [2.05, 4.69) is 5.32 Å². The molecule has 2 aromatic rings. The second-order valence-corrected chi connectivity index (χ2v) is 9.60. The van der Waals surface area contributed by atoms with Gasteiger partial charge in [0.15, 0.2) is 0 Å². The molecule has 0 bridgehead atoms. The topological polar surface area (TPSA) is 137 Å². The number of dihydropyridines is 1. The van der Waals surface area contributed by atoms with E-state index < -0.39 is 22.8 Å². The van der Waals surface area contributed by atoms with Crippen molar-refractivity contribution in [1.82, 2.24) is 5.32 Å². The number of ether oxygens (including phenoxy) is 3. The van der Waals surface area contributed by atoms with Gasteiger partial charge in [0, 0.05) is 36.6 Å². The summed E-state index contributed by atoms with van der Waals surface area (Å²) >= 11 is 0. The van der Waals surface area contributed by atoms with Crippen LogP contribution in [0.15, 0.2) is 71.1 Å². The Balaban J connectivity index is 1.81. The lowest BCUT2D eigenvalue weighted by atomic mass is 9.79. The van der Waals surface area contributed by atoms with E-state index >= 15 is 0 Å². The van der Waals surface area contributed by atoms with E-state index in [0.717, 1.165) is 18.4 Å². The van der Waals surface area contributed by atoms with Crippen LogP contribution >= 0.6 is 0 Å². The second kappa shape index (κ2) is 15.6. The van der Waals surface area contributed by atoms with Gasteiger partial charge in [0.25, 0.3) is 5.69 Å². The van der Waals surface area contributed by atoms with Gasteiger partial charge in [-0.25, -0.2) is 9.59 Å². The molecule has 41 heavy (non-hydrogen) atoms. The highest BCUT2D eigenvalue weighted by Crippen LogP contribution is 2.41. The van der Waals surface area contributed by atoms with Gasteiger partial charge in [0.05, 0.1) is 42.3 Å². The first-order valence-electron chi connectivity index (χ1n) is 13.9. The van der Waals surface area contributed by atoms with Crippen LogP contribution < -0.4 is 10.1 Å². The molecule has 220 valence electrons. The maximum absolute atomic E-state index is 13.6. The second-order valence-electron chi connectivity index (χ2n) is 9.60. The number of aliphatic hydroxyl groups is 1. The molecule has 2 aromatic carbocycles. The average molecular weight is 567 g/mol. The number of carbonyl (C=O) groups is 2. The molecule has 1 aliphatic heterocycles. The number of aliphatic hydroxyl groups excluding tert-OH is 1. The third-order valence-electron chi connectivity index (χ3n) is 6.76. The number of nitro groups is 1. The number of nitrogens with zero attached hydrogens (tertiary/aromatic N) is 1. The van der Waals surface area contributed by atoms with Crippen LogP contribution in [0.25, 0.3) is 0 Å². The van der Waals surface area contributed by atoms with Gasteiger partial charge >= 0.3 is 11.9 Å². The van der Waals surface area contributed by atoms with Gasteiger partial charge in [0.2, 0.25) is 0 Å². The Labute approximate surface area is 240 Å². The number of carbonyl (C=O) groups excluding carboxylic acids is 2. The van der Waals surface area contributed by atoms with Crippen LogP contribution in [0.3, 0.4) is 0 Å². The first kappa shape index (κ1) is 31.3. The van der Waals surface area contributed by atoms with E-state index in [0.29, 0.717) is 55.0 Å². The molecule has 0 amide bonds. The van der Waals surface area contributed by atoms with Crippen LogP contribution in [0.2, 0.25) is 0 Å². The molecule has 1 heterocycles. The zero-order valence-corrected chi connectivity index (χ0v) is 23.8. The lowest BCUT2D eigenvalue weighted by Gasteiger charge is -2.32. The SMILES string of the molecule is CCCC1=C(C(=O)OCCCOc2ccc(CCCO)cc2)C(c2cccc([N+](=O)[O-])c2)C(C(=O)OC)=C(CC)N1. The molecular weight excluding hydrogens is 528 g/mol. The molecule has 2 N–H and O–H groups in total. The molecule has 0 aliphatic carbocycles. The van der Waals surface area contributed by atoms with Crippen molar-refractivity contribution in [2.75, 3.05) is 26.9 Å². The molecule has 10 heteroatoms. The summed E-state index contributed by atoms with van der Waals surface area (Å²) in [6.45, 7) is 4.41. The highest BCUT2D eigenvalue weighted by Gasteiger charge is 2.39. The highest BCUT2D eigenvalue weighted by atomic mass is 16.6. The fourth-order valence-electron chi connectivity index (χ4n) is 4.81. The molecule has 3 rings (SSSR count). The number of allylic oxidation sites excluding steroid dienone is 2. The Morgan fingerprint density at radius 1 is 0.976 bits per heavy atom. The summed E-state index contributed by atoms with van der Waals surface area (Å²) in [4.78, 5) is 37.7. The lowest BCUT2D eigenvalue weighted by molar-refractivity contribution is -0.384. The van der Waals surface area contributed by atoms with Crippen LogP contribution in [-0.2, 0) is 25.5 Å². The first-order chi connectivity index (χ1) is 19.8. The molecule has 1 atom stereocenters. The zero-order valence-electron chi connectivity index (χ0n) is 23.8. The summed E-state index contributed by atoms with van der Waals surface area (Å²) in [5.41, 5.74) is 3.09. The van der Waals surface area contributed by atoms with Gasteiger partial charge in [-0.15, -0.1) is 0 Å². The number of hydrogen-bond acceptors (Lipinski definition) is 9. The zero-order chi connectivity index (χ0) is 29.8. The summed E-state index contributed by atoms with van der Waals surface area (Å²) in [5, 5.41) is 23.8. The number of hydrogen-bond donors (Lipinski definition) is 2. The van der Waals surface area contributed by atoms with E-state index in [1.54, 1.807) is 6.07 Å². The molecule has 0 saturated carbocycles. The summed E-state index contributed by atoms with van der Waals surface area (Å²) in [7, 11) is 1.26. The van der Waals surface area contributed by atoms with E-state index in [1.807, 2.05) is 38.1 Å². The lowest BCUT2D eigenvalue weighted by Crippen LogP contribution is -2.34. The summed E-state index contributed by atoms with van der Waals surface area (Å²) in [6, 6.07) is 13.6. The van der Waals surface area contributed by atoms with Crippen LogP contribution in [0.4, 0.5) is 5.69 Å². The summed E-state index contributed by atoms with van der Waals surface area (Å²) in [6.07, 6.45) is 3.63.